The Labute approximate surface area is 139 Å². The molecule has 2 rings (SSSR count). The number of likely N-dealkylation sites (tertiary alicyclic amines) is 1. The minimum absolute atomic E-state index is 0.0366. The highest BCUT2D eigenvalue weighted by Gasteiger charge is 2.41. The number of amides is 1. The zero-order chi connectivity index (χ0) is 18.1. The molecule has 1 saturated heterocycles. The van der Waals surface area contributed by atoms with E-state index in [1.165, 1.54) is 12.1 Å². The van der Waals surface area contributed by atoms with E-state index in [0.717, 1.165) is 25.9 Å². The summed E-state index contributed by atoms with van der Waals surface area (Å²) in [7, 11) is 0. The topological polar surface area (TPSA) is 55.6 Å². The van der Waals surface area contributed by atoms with E-state index in [-0.39, 0.29) is 23.4 Å². The molecule has 0 bridgehead atoms. The van der Waals surface area contributed by atoms with E-state index in [2.05, 4.69) is 0 Å². The third-order valence-electron chi connectivity index (χ3n) is 4.09. The number of carbonyl (C=O) groups is 1. The van der Waals surface area contributed by atoms with E-state index in [4.69, 9.17) is 10.5 Å². The van der Waals surface area contributed by atoms with Gasteiger partial charge in [-0.25, -0.2) is 4.79 Å². The lowest BCUT2D eigenvalue weighted by Crippen LogP contribution is -2.27. The number of hydrogen-bond acceptors (Lipinski definition) is 3. The summed E-state index contributed by atoms with van der Waals surface area (Å²) in [4.78, 5) is 13.1. The molecule has 134 valence electrons. The van der Waals surface area contributed by atoms with Crippen molar-refractivity contribution in [1.29, 1.82) is 0 Å². The Morgan fingerprint density at radius 2 is 1.75 bits per heavy atom. The number of hydrogen-bond donors (Lipinski definition) is 1. The first-order valence-electron chi connectivity index (χ1n) is 7.93. The molecule has 2 N–H and O–H groups in total. The second-order valence-corrected chi connectivity index (χ2v) is 7.12. The Kier molecular flexibility index (Phi) is 5.13. The van der Waals surface area contributed by atoms with Gasteiger partial charge in [-0.1, -0.05) is 26.8 Å². The molecule has 1 aliphatic heterocycles. The molecular weight excluding hydrogens is 321 g/mol. The van der Waals surface area contributed by atoms with Gasteiger partial charge in [0, 0.05) is 12.1 Å². The first kappa shape index (κ1) is 18.6. The van der Waals surface area contributed by atoms with Crippen LogP contribution in [-0.2, 0) is 18.1 Å². The number of rotatable bonds is 3. The van der Waals surface area contributed by atoms with Crippen molar-refractivity contribution in [2.45, 2.75) is 51.7 Å². The number of nitrogens with two attached hydrogens (primary N) is 1. The van der Waals surface area contributed by atoms with Gasteiger partial charge in [0.25, 0.3) is 0 Å². The van der Waals surface area contributed by atoms with Gasteiger partial charge in [0.15, 0.2) is 0 Å². The number of nitrogens with zero attached hydrogens (tertiary/aromatic N) is 1. The predicted octanol–water partition coefficient (Wildman–Crippen LogP) is 4.06. The maximum absolute atomic E-state index is 13.8. The van der Waals surface area contributed by atoms with Crippen LogP contribution in [0.1, 0.15) is 50.3 Å². The fraction of sp³-hybridized carbons (Fsp3) is 0.588. The van der Waals surface area contributed by atoms with E-state index in [1.54, 1.807) is 20.8 Å². The van der Waals surface area contributed by atoms with Crippen LogP contribution in [0.5, 0.6) is 5.75 Å². The Hall–Kier alpha value is -1.76. The van der Waals surface area contributed by atoms with Gasteiger partial charge >= 0.3 is 12.3 Å². The average molecular weight is 344 g/mol. The third-order valence-corrected chi connectivity index (χ3v) is 4.09. The number of ether oxygens (including phenoxy) is 1. The summed E-state index contributed by atoms with van der Waals surface area (Å²) in [6.45, 7) is 6.79. The highest BCUT2D eigenvalue weighted by Crippen LogP contribution is 2.44. The molecule has 1 heterocycles. The Morgan fingerprint density at radius 3 is 2.21 bits per heavy atom. The summed E-state index contributed by atoms with van der Waals surface area (Å²) < 4.78 is 46.4. The lowest BCUT2D eigenvalue weighted by atomic mass is 9.81. The summed E-state index contributed by atoms with van der Waals surface area (Å²) >= 11 is 0. The molecule has 0 radical (unpaired) electrons. The molecule has 1 amide bonds. The third kappa shape index (κ3) is 4.20. The van der Waals surface area contributed by atoms with Crippen LogP contribution in [0.3, 0.4) is 0 Å². The van der Waals surface area contributed by atoms with Crippen molar-refractivity contribution in [2.24, 2.45) is 5.73 Å². The van der Waals surface area contributed by atoms with E-state index >= 15 is 0 Å². The molecular formula is C17H23F3N2O2. The minimum atomic E-state index is -4.55. The van der Waals surface area contributed by atoms with Gasteiger partial charge in [-0.15, -0.1) is 0 Å². The molecule has 7 heteroatoms. The molecule has 1 aliphatic rings. The average Bonchev–Trinajstić information content (AvgIpc) is 2.89. The van der Waals surface area contributed by atoms with Gasteiger partial charge in [0.2, 0.25) is 0 Å². The molecule has 4 nitrogen and oxygen atoms in total. The minimum Gasteiger partial charge on any atom is -0.410 e. The van der Waals surface area contributed by atoms with E-state index in [1.807, 2.05) is 4.90 Å². The van der Waals surface area contributed by atoms with Crippen LogP contribution in [0, 0.1) is 0 Å². The first-order chi connectivity index (χ1) is 11.0. The van der Waals surface area contributed by atoms with Gasteiger partial charge in [0.05, 0.1) is 5.56 Å². The fourth-order valence-electron chi connectivity index (χ4n) is 3.20. The SMILES string of the molecule is CC(C)(C)c1c(OC(N)=O)ccc(CN2CCCC2)c1C(F)(F)F. The van der Waals surface area contributed by atoms with E-state index in [0.29, 0.717) is 0 Å². The monoisotopic (exact) mass is 344 g/mol. The van der Waals surface area contributed by atoms with Crippen LogP contribution in [0.25, 0.3) is 0 Å². The van der Waals surface area contributed by atoms with Gasteiger partial charge in [-0.2, -0.15) is 13.2 Å². The quantitative estimate of drug-likeness (QED) is 0.900. The normalized spacial score (nSPS) is 16.4. The van der Waals surface area contributed by atoms with Crippen LogP contribution >= 0.6 is 0 Å². The van der Waals surface area contributed by atoms with Crippen LogP contribution in [0.4, 0.5) is 18.0 Å². The number of primary amides is 1. The summed E-state index contributed by atoms with van der Waals surface area (Å²) in [6, 6.07) is 2.79. The molecule has 0 atom stereocenters. The van der Waals surface area contributed by atoms with Gasteiger partial charge < -0.3 is 10.5 Å². The zero-order valence-electron chi connectivity index (χ0n) is 14.2. The van der Waals surface area contributed by atoms with Crippen LogP contribution in [0.2, 0.25) is 0 Å². The molecule has 0 spiro atoms. The largest absolute Gasteiger partial charge is 0.417 e. The van der Waals surface area contributed by atoms with Gasteiger partial charge in [0.1, 0.15) is 5.75 Å². The number of carbonyl (C=O) groups excluding carboxylic acids is 1. The van der Waals surface area contributed by atoms with Crippen LogP contribution in [0.15, 0.2) is 12.1 Å². The van der Waals surface area contributed by atoms with Gasteiger partial charge in [-0.05, 0) is 43.0 Å². The lowest BCUT2D eigenvalue weighted by molar-refractivity contribution is -0.139. The lowest BCUT2D eigenvalue weighted by Gasteiger charge is -2.29. The first-order valence-corrected chi connectivity index (χ1v) is 7.93. The maximum atomic E-state index is 13.8. The molecule has 0 aromatic heterocycles. The van der Waals surface area contributed by atoms with E-state index in [9.17, 15) is 18.0 Å². The Bertz CT molecular complexity index is 615. The molecule has 1 aromatic carbocycles. The Morgan fingerprint density at radius 1 is 1.17 bits per heavy atom. The molecule has 0 saturated carbocycles. The van der Waals surface area contributed by atoms with Crippen molar-refractivity contribution < 1.29 is 22.7 Å². The predicted molar refractivity (Wildman–Crippen MR) is 84.9 cm³/mol. The van der Waals surface area contributed by atoms with Crippen molar-refractivity contribution in [3.63, 3.8) is 0 Å². The van der Waals surface area contributed by atoms with Crippen LogP contribution in [-0.4, -0.2) is 24.1 Å². The standard InChI is InChI=1S/C17H23F3N2O2/c1-16(2,3)14-12(24-15(21)23)7-6-11(13(14)17(18,19)20)10-22-8-4-5-9-22/h6-7H,4-5,8-10H2,1-3H3,(H2,21,23). The molecule has 1 aromatic rings. The number of benzene rings is 1. The fourth-order valence-corrected chi connectivity index (χ4v) is 3.20. The second kappa shape index (κ2) is 6.63. The van der Waals surface area contributed by atoms with Crippen molar-refractivity contribution in [1.82, 2.24) is 4.90 Å². The molecule has 0 aliphatic carbocycles. The molecule has 1 fully saturated rings. The summed E-state index contributed by atoms with van der Waals surface area (Å²) in [6.07, 6.45) is -3.68. The highest BCUT2D eigenvalue weighted by molar-refractivity contribution is 5.69. The van der Waals surface area contributed by atoms with Gasteiger partial charge in [-0.3, -0.25) is 4.90 Å². The van der Waals surface area contributed by atoms with Crippen molar-refractivity contribution in [3.8, 4) is 5.75 Å². The van der Waals surface area contributed by atoms with Crippen molar-refractivity contribution in [2.75, 3.05) is 13.1 Å². The number of halogens is 3. The number of alkyl halides is 3. The van der Waals surface area contributed by atoms with Crippen molar-refractivity contribution >= 4 is 6.09 Å². The van der Waals surface area contributed by atoms with Crippen LogP contribution < -0.4 is 10.5 Å². The molecule has 24 heavy (non-hydrogen) atoms. The summed E-state index contributed by atoms with van der Waals surface area (Å²) in [5.41, 5.74) is 3.59. The Balaban J connectivity index is 2.61. The highest BCUT2D eigenvalue weighted by atomic mass is 19.4. The van der Waals surface area contributed by atoms with Crippen molar-refractivity contribution in [3.05, 3.63) is 28.8 Å². The summed E-state index contributed by atoms with van der Waals surface area (Å²) in [5.74, 6) is -0.132. The maximum Gasteiger partial charge on any atom is 0.417 e. The summed E-state index contributed by atoms with van der Waals surface area (Å²) in [5, 5.41) is 0. The molecule has 0 unspecified atom stereocenters. The zero-order valence-corrected chi connectivity index (χ0v) is 14.2. The smallest absolute Gasteiger partial charge is 0.410 e. The van der Waals surface area contributed by atoms with E-state index < -0.39 is 23.2 Å². The second-order valence-electron chi connectivity index (χ2n) is 7.12.